The van der Waals surface area contributed by atoms with E-state index >= 15 is 0 Å². The molecule has 1 heterocycles. The van der Waals surface area contributed by atoms with E-state index in [2.05, 4.69) is 10.2 Å². The van der Waals surface area contributed by atoms with E-state index in [0.717, 1.165) is 29.2 Å². The molecule has 0 aliphatic carbocycles. The van der Waals surface area contributed by atoms with Gasteiger partial charge in [0.2, 0.25) is 0 Å². The van der Waals surface area contributed by atoms with Gasteiger partial charge in [-0.15, -0.1) is 0 Å². The van der Waals surface area contributed by atoms with Gasteiger partial charge in [0.05, 0.1) is 47.3 Å². The average molecular weight is 525 g/mol. The fourth-order valence-corrected chi connectivity index (χ4v) is 4.73. The van der Waals surface area contributed by atoms with E-state index in [1.54, 1.807) is 35.5 Å². The van der Waals surface area contributed by atoms with Crippen molar-refractivity contribution in [1.82, 2.24) is 4.90 Å². The van der Waals surface area contributed by atoms with Gasteiger partial charge in [0.1, 0.15) is 29.6 Å². The Bertz CT molecular complexity index is 1230. The van der Waals surface area contributed by atoms with E-state index in [1.165, 1.54) is 5.56 Å². The molecule has 0 radical (unpaired) electrons. The summed E-state index contributed by atoms with van der Waals surface area (Å²) in [4.78, 5) is 2.13. The minimum atomic E-state index is -0.178. The Kier molecular flexibility index (Phi) is 8.45. The standard InChI is InChI=1S/C28H32N2O6S/c1-31-19-6-8-20(9-7-19)36-17-24-22-16-27(35-5)26(34-4)14-18(22)12-13-30(24)28(37)29-23-15-21(32-2)10-11-25(23)33-3/h6-11,14-16,24H,12-13,17H2,1-5H3,(H,29,37)/t24-/m1/s1. The summed E-state index contributed by atoms with van der Waals surface area (Å²) in [6.45, 7) is 1.06. The summed E-state index contributed by atoms with van der Waals surface area (Å²) in [5.74, 6) is 4.23. The van der Waals surface area contributed by atoms with Crippen molar-refractivity contribution in [2.45, 2.75) is 12.5 Å². The highest BCUT2D eigenvalue weighted by atomic mass is 32.1. The number of nitrogens with zero attached hydrogens (tertiary/aromatic N) is 1. The van der Waals surface area contributed by atoms with Crippen LogP contribution in [-0.4, -0.2) is 58.7 Å². The summed E-state index contributed by atoms with van der Waals surface area (Å²) in [6, 6.07) is 16.9. The lowest BCUT2D eigenvalue weighted by Gasteiger charge is -2.39. The molecule has 3 aromatic carbocycles. The molecule has 0 fully saturated rings. The van der Waals surface area contributed by atoms with Crippen LogP contribution in [0.5, 0.6) is 34.5 Å². The van der Waals surface area contributed by atoms with Gasteiger partial charge in [0.25, 0.3) is 0 Å². The van der Waals surface area contributed by atoms with Gasteiger partial charge in [-0.3, -0.25) is 0 Å². The third-order valence-corrected chi connectivity index (χ3v) is 6.72. The quantitative estimate of drug-likeness (QED) is 0.385. The van der Waals surface area contributed by atoms with Crippen molar-refractivity contribution in [3.8, 4) is 34.5 Å². The Labute approximate surface area is 223 Å². The van der Waals surface area contributed by atoms with E-state index in [-0.39, 0.29) is 6.04 Å². The number of thiocarbonyl (C=S) groups is 1. The second-order valence-electron chi connectivity index (χ2n) is 8.35. The number of anilines is 1. The van der Waals surface area contributed by atoms with Gasteiger partial charge >= 0.3 is 0 Å². The van der Waals surface area contributed by atoms with Crippen LogP contribution in [0.15, 0.2) is 54.6 Å². The van der Waals surface area contributed by atoms with Crippen LogP contribution < -0.4 is 33.7 Å². The number of fused-ring (bicyclic) bond motifs is 1. The molecule has 0 saturated carbocycles. The maximum absolute atomic E-state index is 6.24. The SMILES string of the molecule is COc1ccc(OC[C@@H]2c3cc(OC)c(OC)cc3CCN2C(=S)Nc2cc(OC)ccc2OC)cc1. The number of ether oxygens (including phenoxy) is 6. The first kappa shape index (κ1) is 26.2. The summed E-state index contributed by atoms with van der Waals surface area (Å²) in [5.41, 5.74) is 2.96. The number of benzene rings is 3. The van der Waals surface area contributed by atoms with Crippen molar-refractivity contribution < 1.29 is 28.4 Å². The van der Waals surface area contributed by atoms with Crippen LogP contribution in [0.1, 0.15) is 17.2 Å². The lowest BCUT2D eigenvalue weighted by molar-refractivity contribution is 0.190. The Morgan fingerprint density at radius 2 is 1.41 bits per heavy atom. The molecule has 1 N–H and O–H groups in total. The van der Waals surface area contributed by atoms with Crippen LogP contribution in [0.25, 0.3) is 0 Å². The van der Waals surface area contributed by atoms with Crippen molar-refractivity contribution in [2.75, 3.05) is 54.0 Å². The Hall–Kier alpha value is -3.85. The average Bonchev–Trinajstić information content (AvgIpc) is 2.95. The molecule has 1 aliphatic heterocycles. The molecule has 1 atom stereocenters. The summed E-state index contributed by atoms with van der Waals surface area (Å²) in [5, 5.41) is 3.91. The molecule has 8 nitrogen and oxygen atoms in total. The van der Waals surface area contributed by atoms with Crippen LogP contribution in [0.2, 0.25) is 0 Å². The second-order valence-corrected chi connectivity index (χ2v) is 8.73. The van der Waals surface area contributed by atoms with Crippen molar-refractivity contribution >= 4 is 23.0 Å². The topological polar surface area (TPSA) is 70.7 Å². The maximum atomic E-state index is 6.24. The van der Waals surface area contributed by atoms with Gasteiger partial charge in [0.15, 0.2) is 16.6 Å². The summed E-state index contributed by atoms with van der Waals surface area (Å²) in [7, 11) is 8.16. The van der Waals surface area contributed by atoms with Crippen molar-refractivity contribution in [3.63, 3.8) is 0 Å². The zero-order valence-corrected chi connectivity index (χ0v) is 22.5. The second kappa shape index (κ2) is 11.9. The summed E-state index contributed by atoms with van der Waals surface area (Å²) >= 11 is 5.91. The van der Waals surface area contributed by atoms with Crippen LogP contribution in [0.3, 0.4) is 0 Å². The maximum Gasteiger partial charge on any atom is 0.174 e. The monoisotopic (exact) mass is 524 g/mol. The number of hydrogen-bond acceptors (Lipinski definition) is 7. The van der Waals surface area contributed by atoms with E-state index in [0.29, 0.717) is 41.3 Å². The predicted octanol–water partition coefficient (Wildman–Crippen LogP) is 5.10. The molecule has 37 heavy (non-hydrogen) atoms. The number of nitrogens with one attached hydrogen (secondary N) is 1. The highest BCUT2D eigenvalue weighted by molar-refractivity contribution is 7.80. The third-order valence-electron chi connectivity index (χ3n) is 6.38. The highest BCUT2D eigenvalue weighted by Crippen LogP contribution is 2.39. The molecular weight excluding hydrogens is 492 g/mol. The first-order chi connectivity index (χ1) is 18.0. The van der Waals surface area contributed by atoms with Gasteiger partial charge in [-0.25, -0.2) is 0 Å². The van der Waals surface area contributed by atoms with Crippen molar-refractivity contribution in [3.05, 3.63) is 65.7 Å². The molecule has 0 aromatic heterocycles. The highest BCUT2D eigenvalue weighted by Gasteiger charge is 2.32. The van der Waals surface area contributed by atoms with Crippen LogP contribution >= 0.6 is 12.2 Å². The molecular formula is C28H32N2O6S. The van der Waals surface area contributed by atoms with E-state index in [9.17, 15) is 0 Å². The van der Waals surface area contributed by atoms with Crippen LogP contribution in [0, 0.1) is 0 Å². The zero-order valence-electron chi connectivity index (χ0n) is 21.7. The Morgan fingerprint density at radius 3 is 2.05 bits per heavy atom. The smallest absolute Gasteiger partial charge is 0.174 e. The molecule has 0 spiro atoms. The molecule has 0 amide bonds. The van der Waals surface area contributed by atoms with Gasteiger partial charge in [-0.2, -0.15) is 0 Å². The zero-order chi connectivity index (χ0) is 26.4. The minimum Gasteiger partial charge on any atom is -0.497 e. The van der Waals surface area contributed by atoms with Gasteiger partial charge < -0.3 is 38.6 Å². The fourth-order valence-electron chi connectivity index (χ4n) is 4.40. The van der Waals surface area contributed by atoms with E-state index in [4.69, 9.17) is 40.6 Å². The van der Waals surface area contributed by atoms with Gasteiger partial charge in [0, 0.05) is 12.6 Å². The Balaban J connectivity index is 1.65. The van der Waals surface area contributed by atoms with Crippen molar-refractivity contribution in [1.29, 1.82) is 0 Å². The van der Waals surface area contributed by atoms with E-state index in [1.807, 2.05) is 54.6 Å². The lowest BCUT2D eigenvalue weighted by atomic mass is 9.92. The molecule has 196 valence electrons. The molecule has 3 aromatic rings. The number of methoxy groups -OCH3 is 5. The molecule has 1 aliphatic rings. The number of rotatable bonds is 9. The molecule has 0 unspecified atom stereocenters. The van der Waals surface area contributed by atoms with E-state index < -0.39 is 0 Å². The number of hydrogen-bond donors (Lipinski definition) is 1. The lowest BCUT2D eigenvalue weighted by Crippen LogP contribution is -2.44. The Morgan fingerprint density at radius 1 is 0.784 bits per heavy atom. The molecule has 4 rings (SSSR count). The summed E-state index contributed by atoms with van der Waals surface area (Å²) in [6.07, 6.45) is 0.784. The van der Waals surface area contributed by atoms with Crippen LogP contribution in [-0.2, 0) is 6.42 Å². The largest absolute Gasteiger partial charge is 0.497 e. The third kappa shape index (κ3) is 5.77. The van der Waals surface area contributed by atoms with Gasteiger partial charge in [-0.1, -0.05) is 0 Å². The van der Waals surface area contributed by atoms with Crippen LogP contribution in [0.4, 0.5) is 5.69 Å². The van der Waals surface area contributed by atoms with Crippen molar-refractivity contribution in [2.24, 2.45) is 0 Å². The molecule has 0 bridgehead atoms. The first-order valence-electron chi connectivity index (χ1n) is 11.8. The fraction of sp³-hybridized carbons (Fsp3) is 0.321. The molecule has 9 heteroatoms. The normalized spacial score (nSPS) is 14.3. The first-order valence-corrected chi connectivity index (χ1v) is 12.2. The predicted molar refractivity (Wildman–Crippen MR) is 147 cm³/mol. The summed E-state index contributed by atoms with van der Waals surface area (Å²) < 4.78 is 33.6. The van der Waals surface area contributed by atoms with Gasteiger partial charge in [-0.05, 0) is 78.3 Å². The minimum absolute atomic E-state index is 0.178. The molecule has 0 saturated heterocycles.